The van der Waals surface area contributed by atoms with Crippen molar-refractivity contribution < 1.29 is 13.2 Å². The maximum atomic E-state index is 11.9. The third-order valence-corrected chi connectivity index (χ3v) is 4.42. The Morgan fingerprint density at radius 1 is 1.30 bits per heavy atom. The number of sulfonamides is 1. The summed E-state index contributed by atoms with van der Waals surface area (Å²) in [6.07, 6.45) is 3.15. The van der Waals surface area contributed by atoms with Gasteiger partial charge in [-0.3, -0.25) is 4.90 Å². The van der Waals surface area contributed by atoms with Gasteiger partial charge in [0.15, 0.2) is 0 Å². The molecule has 3 N–H and O–H groups in total. The molecule has 2 heterocycles. The zero-order valence-corrected chi connectivity index (χ0v) is 12.0. The maximum Gasteiger partial charge on any atom is 0.243 e. The van der Waals surface area contributed by atoms with E-state index in [1.165, 1.54) is 12.4 Å². The molecule has 9 heteroatoms. The van der Waals surface area contributed by atoms with Crippen molar-refractivity contribution in [2.45, 2.75) is 11.3 Å². The Morgan fingerprint density at radius 2 is 1.95 bits per heavy atom. The fourth-order valence-electron chi connectivity index (χ4n) is 1.88. The van der Waals surface area contributed by atoms with E-state index in [2.05, 4.69) is 19.6 Å². The molecular formula is C11H19N5O3S. The molecule has 112 valence electrons. The van der Waals surface area contributed by atoms with Crippen molar-refractivity contribution in [1.29, 1.82) is 0 Å². The first-order valence-corrected chi connectivity index (χ1v) is 7.93. The van der Waals surface area contributed by atoms with E-state index in [0.29, 0.717) is 6.54 Å². The zero-order chi connectivity index (χ0) is 14.4. The van der Waals surface area contributed by atoms with Gasteiger partial charge in [-0.25, -0.2) is 23.1 Å². The Morgan fingerprint density at radius 3 is 2.60 bits per heavy atom. The summed E-state index contributed by atoms with van der Waals surface area (Å²) in [5.74, 6) is 0.0521. The quantitative estimate of drug-likeness (QED) is 0.652. The Kier molecular flexibility index (Phi) is 5.24. The number of ether oxygens (including phenoxy) is 1. The molecular weight excluding hydrogens is 282 g/mol. The first-order chi connectivity index (χ1) is 9.58. The third kappa shape index (κ3) is 4.37. The van der Waals surface area contributed by atoms with Gasteiger partial charge in [-0.05, 0) is 13.0 Å². The van der Waals surface area contributed by atoms with E-state index < -0.39 is 10.0 Å². The van der Waals surface area contributed by atoms with E-state index in [-0.39, 0.29) is 10.8 Å². The number of aromatic nitrogens is 2. The highest BCUT2D eigenvalue weighted by atomic mass is 32.2. The minimum absolute atomic E-state index is 0.0260. The predicted octanol–water partition coefficient (Wildman–Crippen LogP) is -0.941. The van der Waals surface area contributed by atoms with E-state index in [1.807, 2.05) is 0 Å². The fraction of sp³-hybridized carbons (Fsp3) is 0.636. The summed E-state index contributed by atoms with van der Waals surface area (Å²) in [4.78, 5) is 9.63. The lowest BCUT2D eigenvalue weighted by Crippen LogP contribution is -2.38. The summed E-state index contributed by atoms with van der Waals surface area (Å²) in [6, 6.07) is 0. The predicted molar refractivity (Wildman–Crippen MR) is 73.5 cm³/mol. The normalized spacial score (nSPS) is 17.2. The molecule has 0 spiro atoms. The van der Waals surface area contributed by atoms with Gasteiger partial charge in [-0.1, -0.05) is 0 Å². The second kappa shape index (κ2) is 6.93. The first-order valence-electron chi connectivity index (χ1n) is 6.45. The van der Waals surface area contributed by atoms with Crippen molar-refractivity contribution >= 4 is 16.0 Å². The van der Waals surface area contributed by atoms with Gasteiger partial charge >= 0.3 is 0 Å². The maximum absolute atomic E-state index is 11.9. The molecule has 0 saturated carbocycles. The Hall–Kier alpha value is -1.29. The summed E-state index contributed by atoms with van der Waals surface area (Å²) < 4.78 is 31.6. The number of anilines is 1. The summed E-state index contributed by atoms with van der Waals surface area (Å²) >= 11 is 0. The molecule has 0 radical (unpaired) electrons. The molecule has 0 aromatic carbocycles. The van der Waals surface area contributed by atoms with Gasteiger partial charge in [0.1, 0.15) is 4.90 Å². The number of hydrogen-bond acceptors (Lipinski definition) is 7. The molecule has 8 nitrogen and oxygen atoms in total. The van der Waals surface area contributed by atoms with E-state index in [0.717, 1.165) is 39.3 Å². The molecule has 0 bridgehead atoms. The van der Waals surface area contributed by atoms with Gasteiger partial charge in [-0.15, -0.1) is 0 Å². The van der Waals surface area contributed by atoms with Crippen LogP contribution < -0.4 is 10.5 Å². The topological polar surface area (TPSA) is 110 Å². The molecule has 0 atom stereocenters. The second-order valence-electron chi connectivity index (χ2n) is 4.48. The average Bonchev–Trinajstić information content (AvgIpc) is 2.45. The van der Waals surface area contributed by atoms with Gasteiger partial charge in [-0.2, -0.15) is 0 Å². The number of morpholine rings is 1. The molecule has 0 aliphatic carbocycles. The average molecular weight is 301 g/mol. The molecule has 1 aliphatic rings. The van der Waals surface area contributed by atoms with Gasteiger partial charge in [0.2, 0.25) is 16.0 Å². The van der Waals surface area contributed by atoms with Crippen LogP contribution in [-0.4, -0.2) is 62.7 Å². The van der Waals surface area contributed by atoms with Crippen molar-refractivity contribution in [3.63, 3.8) is 0 Å². The number of nitrogens with two attached hydrogens (primary N) is 1. The Labute approximate surface area is 118 Å². The van der Waals surface area contributed by atoms with Gasteiger partial charge in [0.05, 0.1) is 25.6 Å². The van der Waals surface area contributed by atoms with Crippen LogP contribution in [0.3, 0.4) is 0 Å². The van der Waals surface area contributed by atoms with E-state index in [9.17, 15) is 8.42 Å². The number of nitrogens with one attached hydrogen (secondary N) is 1. The van der Waals surface area contributed by atoms with Crippen LogP contribution in [0.2, 0.25) is 0 Å². The molecule has 1 saturated heterocycles. The van der Waals surface area contributed by atoms with Gasteiger partial charge < -0.3 is 10.5 Å². The first kappa shape index (κ1) is 15.1. The van der Waals surface area contributed by atoms with Crippen LogP contribution in [-0.2, 0) is 14.8 Å². The largest absolute Gasteiger partial charge is 0.379 e. The lowest BCUT2D eigenvalue weighted by Gasteiger charge is -2.26. The Balaban J connectivity index is 1.76. The fourth-order valence-corrected chi connectivity index (χ4v) is 2.84. The van der Waals surface area contributed by atoms with Crippen LogP contribution in [0.25, 0.3) is 0 Å². The number of nitrogens with zero attached hydrogens (tertiary/aromatic N) is 3. The van der Waals surface area contributed by atoms with E-state index >= 15 is 0 Å². The number of rotatable bonds is 6. The zero-order valence-electron chi connectivity index (χ0n) is 11.2. The van der Waals surface area contributed by atoms with Crippen molar-refractivity contribution in [1.82, 2.24) is 19.6 Å². The lowest BCUT2D eigenvalue weighted by molar-refractivity contribution is 0.0376. The highest BCUT2D eigenvalue weighted by Crippen LogP contribution is 2.06. The molecule has 1 fully saturated rings. The summed E-state index contributed by atoms with van der Waals surface area (Å²) in [5.41, 5.74) is 5.32. The van der Waals surface area contributed by atoms with Crippen molar-refractivity contribution in [3.05, 3.63) is 12.4 Å². The van der Waals surface area contributed by atoms with Crippen LogP contribution >= 0.6 is 0 Å². The van der Waals surface area contributed by atoms with Crippen LogP contribution in [0, 0.1) is 0 Å². The molecule has 1 aromatic heterocycles. The highest BCUT2D eigenvalue weighted by molar-refractivity contribution is 7.89. The molecule has 0 unspecified atom stereocenters. The van der Waals surface area contributed by atoms with Crippen molar-refractivity contribution in [2.75, 3.05) is 45.1 Å². The van der Waals surface area contributed by atoms with E-state index in [1.54, 1.807) is 0 Å². The molecule has 1 aliphatic heterocycles. The highest BCUT2D eigenvalue weighted by Gasteiger charge is 2.15. The lowest BCUT2D eigenvalue weighted by atomic mass is 10.3. The van der Waals surface area contributed by atoms with Crippen molar-refractivity contribution in [2.24, 2.45) is 0 Å². The minimum Gasteiger partial charge on any atom is -0.379 e. The van der Waals surface area contributed by atoms with Crippen molar-refractivity contribution in [3.8, 4) is 0 Å². The molecule has 20 heavy (non-hydrogen) atoms. The molecule has 1 aromatic rings. The summed E-state index contributed by atoms with van der Waals surface area (Å²) in [6.45, 7) is 4.52. The summed E-state index contributed by atoms with van der Waals surface area (Å²) in [5, 5.41) is 0. The third-order valence-electron chi connectivity index (χ3n) is 3.01. The van der Waals surface area contributed by atoms with Crippen LogP contribution in [0.1, 0.15) is 6.42 Å². The molecule has 0 amide bonds. The monoisotopic (exact) mass is 301 g/mol. The SMILES string of the molecule is Nc1ncc(S(=O)(=O)NCCCN2CCOCC2)cn1. The number of nitrogen functional groups attached to an aromatic ring is 1. The smallest absolute Gasteiger partial charge is 0.243 e. The van der Waals surface area contributed by atoms with Crippen LogP contribution in [0.15, 0.2) is 17.3 Å². The standard InChI is InChI=1S/C11H19N5O3S/c12-11-13-8-10(9-14-11)20(17,18)15-2-1-3-16-4-6-19-7-5-16/h8-9,15H,1-7H2,(H2,12,13,14). The van der Waals surface area contributed by atoms with Crippen LogP contribution in [0.5, 0.6) is 0 Å². The second-order valence-corrected chi connectivity index (χ2v) is 6.25. The minimum atomic E-state index is -3.55. The number of hydrogen-bond donors (Lipinski definition) is 2. The van der Waals surface area contributed by atoms with Gasteiger partial charge in [0, 0.05) is 19.6 Å². The molecule has 2 rings (SSSR count). The Bertz CT molecular complexity index is 513. The van der Waals surface area contributed by atoms with E-state index in [4.69, 9.17) is 10.5 Å². The van der Waals surface area contributed by atoms with Crippen LogP contribution in [0.4, 0.5) is 5.95 Å². The van der Waals surface area contributed by atoms with Gasteiger partial charge in [0.25, 0.3) is 0 Å². The summed E-state index contributed by atoms with van der Waals surface area (Å²) in [7, 11) is -3.55.